The number of nitrogens with one attached hydrogen (secondary N) is 1. The second kappa shape index (κ2) is 7.43. The maximum absolute atomic E-state index is 12.5. The van der Waals surface area contributed by atoms with Gasteiger partial charge in [-0.1, -0.05) is 29.8 Å². The highest BCUT2D eigenvalue weighted by Crippen LogP contribution is 2.30. The molecule has 1 aromatic heterocycles. The molecule has 122 valence electrons. The van der Waals surface area contributed by atoms with Gasteiger partial charge in [0, 0.05) is 30.1 Å². The van der Waals surface area contributed by atoms with Gasteiger partial charge < -0.3 is 10.2 Å². The summed E-state index contributed by atoms with van der Waals surface area (Å²) >= 11 is 7.75. The lowest BCUT2D eigenvalue weighted by Crippen LogP contribution is -2.41. The fourth-order valence-electron chi connectivity index (χ4n) is 3.01. The van der Waals surface area contributed by atoms with E-state index >= 15 is 0 Å². The quantitative estimate of drug-likeness (QED) is 0.901. The monoisotopic (exact) mass is 349 g/mol. The lowest BCUT2D eigenvalue weighted by molar-refractivity contribution is -0.131. The number of rotatable bonds is 5. The van der Waals surface area contributed by atoms with Crippen LogP contribution in [0.2, 0.25) is 5.02 Å². The highest BCUT2D eigenvalue weighted by molar-refractivity contribution is 7.13. The van der Waals surface area contributed by atoms with Crippen molar-refractivity contribution in [3.05, 3.63) is 40.4 Å². The van der Waals surface area contributed by atoms with Gasteiger partial charge in [-0.15, -0.1) is 11.3 Å². The van der Waals surface area contributed by atoms with E-state index in [1.165, 1.54) is 11.3 Å². The number of thiazole rings is 1. The minimum Gasteiger partial charge on any atom is -0.338 e. The summed E-state index contributed by atoms with van der Waals surface area (Å²) in [7, 11) is 1.93. The topological polar surface area (TPSA) is 45.2 Å². The molecule has 2 heterocycles. The zero-order chi connectivity index (χ0) is 16.2. The van der Waals surface area contributed by atoms with Crippen molar-refractivity contribution in [1.82, 2.24) is 15.2 Å². The van der Waals surface area contributed by atoms with Crippen LogP contribution in [0.4, 0.5) is 0 Å². The Kier molecular flexibility index (Phi) is 5.30. The van der Waals surface area contributed by atoms with Gasteiger partial charge in [-0.05, 0) is 26.0 Å². The van der Waals surface area contributed by atoms with Gasteiger partial charge in [-0.25, -0.2) is 4.98 Å². The van der Waals surface area contributed by atoms with Gasteiger partial charge in [0.1, 0.15) is 5.01 Å². The molecule has 0 spiro atoms. The summed E-state index contributed by atoms with van der Waals surface area (Å²) in [6.45, 7) is 1.71. The summed E-state index contributed by atoms with van der Waals surface area (Å²) in [5.41, 5.74) is 1.75. The van der Waals surface area contributed by atoms with Gasteiger partial charge in [0.2, 0.25) is 5.91 Å². The van der Waals surface area contributed by atoms with Gasteiger partial charge in [0.05, 0.1) is 17.1 Å². The van der Waals surface area contributed by atoms with Crippen molar-refractivity contribution in [3.8, 4) is 10.6 Å². The van der Waals surface area contributed by atoms with Crippen LogP contribution in [-0.4, -0.2) is 42.0 Å². The van der Waals surface area contributed by atoms with Crippen molar-refractivity contribution in [2.24, 2.45) is 0 Å². The first-order chi connectivity index (χ1) is 11.2. The molecule has 1 atom stereocenters. The SMILES string of the molecule is CNCC1CCCN1C(=O)Cc1csc(-c2ccccc2Cl)n1. The van der Waals surface area contributed by atoms with Crippen LogP contribution < -0.4 is 5.32 Å². The molecule has 1 aliphatic rings. The van der Waals surface area contributed by atoms with E-state index in [2.05, 4.69) is 10.3 Å². The average Bonchev–Trinajstić information content (AvgIpc) is 3.17. The zero-order valence-corrected chi connectivity index (χ0v) is 14.7. The molecule has 1 unspecified atom stereocenters. The summed E-state index contributed by atoms with van der Waals surface area (Å²) in [5.74, 6) is 0.166. The second-order valence-electron chi connectivity index (χ2n) is 5.74. The van der Waals surface area contributed by atoms with Crippen molar-refractivity contribution in [1.29, 1.82) is 0 Å². The maximum atomic E-state index is 12.5. The largest absolute Gasteiger partial charge is 0.338 e. The predicted molar refractivity (Wildman–Crippen MR) is 94.9 cm³/mol. The van der Waals surface area contributed by atoms with E-state index in [9.17, 15) is 4.79 Å². The molecule has 6 heteroatoms. The maximum Gasteiger partial charge on any atom is 0.228 e. The zero-order valence-electron chi connectivity index (χ0n) is 13.1. The molecular weight excluding hydrogens is 330 g/mol. The number of hydrogen-bond acceptors (Lipinski definition) is 4. The first-order valence-electron chi connectivity index (χ1n) is 7.82. The first-order valence-corrected chi connectivity index (χ1v) is 9.08. The Labute approximate surface area is 145 Å². The van der Waals surface area contributed by atoms with Crippen LogP contribution in [0.25, 0.3) is 10.6 Å². The molecule has 1 aromatic carbocycles. The van der Waals surface area contributed by atoms with Crippen molar-refractivity contribution >= 4 is 28.8 Å². The number of aromatic nitrogens is 1. The Bertz CT molecular complexity index is 688. The van der Waals surface area contributed by atoms with E-state index in [4.69, 9.17) is 11.6 Å². The van der Waals surface area contributed by atoms with E-state index in [1.54, 1.807) is 0 Å². The van der Waals surface area contributed by atoms with E-state index < -0.39 is 0 Å². The highest BCUT2D eigenvalue weighted by atomic mass is 35.5. The standard InChI is InChI=1S/C17H20ClN3OS/c1-19-10-13-5-4-8-21(13)16(22)9-12-11-23-17(20-12)14-6-2-3-7-15(14)18/h2-3,6-7,11,13,19H,4-5,8-10H2,1H3. The van der Waals surface area contributed by atoms with Crippen LogP contribution in [0.5, 0.6) is 0 Å². The minimum atomic E-state index is 0.166. The van der Waals surface area contributed by atoms with E-state index in [-0.39, 0.29) is 5.91 Å². The van der Waals surface area contributed by atoms with Crippen LogP contribution in [0, 0.1) is 0 Å². The summed E-state index contributed by atoms with van der Waals surface area (Å²) in [6, 6.07) is 7.97. The molecule has 1 saturated heterocycles. The fourth-order valence-corrected chi connectivity index (χ4v) is 4.15. The fraction of sp³-hybridized carbons (Fsp3) is 0.412. The van der Waals surface area contributed by atoms with Crippen LogP contribution >= 0.6 is 22.9 Å². The summed E-state index contributed by atoms with van der Waals surface area (Å²) in [6.07, 6.45) is 2.52. The molecule has 23 heavy (non-hydrogen) atoms. The third kappa shape index (κ3) is 3.74. The second-order valence-corrected chi connectivity index (χ2v) is 7.01. The Morgan fingerprint density at radius 1 is 1.48 bits per heavy atom. The Balaban J connectivity index is 1.69. The third-order valence-electron chi connectivity index (χ3n) is 4.13. The number of amides is 1. The molecule has 1 N–H and O–H groups in total. The number of halogens is 1. The van der Waals surface area contributed by atoms with Crippen molar-refractivity contribution in [2.45, 2.75) is 25.3 Å². The molecule has 2 aromatic rings. The van der Waals surface area contributed by atoms with Crippen LogP contribution in [-0.2, 0) is 11.2 Å². The number of benzene rings is 1. The normalized spacial score (nSPS) is 17.7. The number of likely N-dealkylation sites (N-methyl/N-ethyl adjacent to an activating group) is 1. The number of nitrogens with zero attached hydrogens (tertiary/aromatic N) is 2. The molecule has 0 radical (unpaired) electrons. The van der Waals surface area contributed by atoms with Gasteiger partial charge in [-0.3, -0.25) is 4.79 Å². The smallest absolute Gasteiger partial charge is 0.228 e. The number of carbonyl (C=O) groups excluding carboxylic acids is 1. The molecule has 0 saturated carbocycles. The van der Waals surface area contributed by atoms with E-state index in [0.29, 0.717) is 17.5 Å². The summed E-state index contributed by atoms with van der Waals surface area (Å²) in [4.78, 5) is 19.1. The lowest BCUT2D eigenvalue weighted by Gasteiger charge is -2.24. The number of hydrogen-bond donors (Lipinski definition) is 1. The molecule has 4 nitrogen and oxygen atoms in total. The van der Waals surface area contributed by atoms with Gasteiger partial charge in [-0.2, -0.15) is 0 Å². The molecule has 3 rings (SSSR count). The molecule has 1 aliphatic heterocycles. The van der Waals surface area contributed by atoms with Gasteiger partial charge in [0.15, 0.2) is 0 Å². The highest BCUT2D eigenvalue weighted by Gasteiger charge is 2.28. The molecule has 1 amide bonds. The van der Waals surface area contributed by atoms with Crippen molar-refractivity contribution in [3.63, 3.8) is 0 Å². The Hall–Kier alpha value is -1.43. The van der Waals surface area contributed by atoms with Gasteiger partial charge in [0.25, 0.3) is 0 Å². The third-order valence-corrected chi connectivity index (χ3v) is 5.38. The molecule has 1 fully saturated rings. The molecular formula is C17H20ClN3OS. The molecule has 0 aliphatic carbocycles. The minimum absolute atomic E-state index is 0.166. The predicted octanol–water partition coefficient (Wildman–Crippen LogP) is 3.22. The van der Waals surface area contributed by atoms with E-state index in [1.807, 2.05) is 41.6 Å². The average molecular weight is 350 g/mol. The van der Waals surface area contributed by atoms with Gasteiger partial charge >= 0.3 is 0 Å². The van der Waals surface area contributed by atoms with Crippen LogP contribution in [0.15, 0.2) is 29.6 Å². The Morgan fingerprint density at radius 3 is 3.09 bits per heavy atom. The first kappa shape index (κ1) is 16.4. The Morgan fingerprint density at radius 2 is 2.30 bits per heavy atom. The van der Waals surface area contributed by atoms with Crippen molar-refractivity contribution < 1.29 is 4.79 Å². The van der Waals surface area contributed by atoms with Crippen LogP contribution in [0.3, 0.4) is 0 Å². The number of carbonyl (C=O) groups is 1. The summed E-state index contributed by atoms with van der Waals surface area (Å²) < 4.78 is 0. The summed E-state index contributed by atoms with van der Waals surface area (Å²) in [5, 5.41) is 6.68. The lowest BCUT2D eigenvalue weighted by atomic mass is 10.2. The van der Waals surface area contributed by atoms with Crippen molar-refractivity contribution in [2.75, 3.05) is 20.1 Å². The van der Waals surface area contributed by atoms with E-state index in [0.717, 1.165) is 42.2 Å². The van der Waals surface area contributed by atoms with Crippen LogP contribution in [0.1, 0.15) is 18.5 Å². The molecule has 0 bridgehead atoms. The number of likely N-dealkylation sites (tertiary alicyclic amines) is 1.